The summed E-state index contributed by atoms with van der Waals surface area (Å²) in [5.41, 5.74) is 3.45. The third-order valence-electron chi connectivity index (χ3n) is 4.99. The minimum atomic E-state index is -0.106. The zero-order valence-corrected chi connectivity index (χ0v) is 19.1. The van der Waals surface area contributed by atoms with Gasteiger partial charge in [0.25, 0.3) is 5.91 Å². The molecule has 0 radical (unpaired) electrons. The monoisotopic (exact) mass is 467 g/mol. The zero-order chi connectivity index (χ0) is 19.7. The van der Waals surface area contributed by atoms with Crippen molar-refractivity contribution < 1.29 is 4.79 Å². The minimum Gasteiger partial charge on any atom is -0.329 e. The first kappa shape index (κ1) is 24.2. The number of pyridine rings is 1. The van der Waals surface area contributed by atoms with Gasteiger partial charge in [-0.15, -0.1) is 24.8 Å². The van der Waals surface area contributed by atoms with Gasteiger partial charge in [-0.2, -0.15) is 5.10 Å². The lowest BCUT2D eigenvalue weighted by Crippen LogP contribution is -2.48. The summed E-state index contributed by atoms with van der Waals surface area (Å²) < 4.78 is 1.78. The van der Waals surface area contributed by atoms with Crippen LogP contribution in [0.3, 0.4) is 0 Å². The topological polar surface area (TPSA) is 63.1 Å². The number of nitrogens with zero attached hydrogens (tertiary/aromatic N) is 4. The van der Waals surface area contributed by atoms with Gasteiger partial charge in [0, 0.05) is 36.5 Å². The standard InChI is InChI=1S/C21H22ClN5O.2ClH/c1-14-11-15(2)27(25-14)20-8-7-16(12-24-20)21(28)26-10-9-23-13-19(26)17-5-3-4-6-18(17)22;;/h3-8,11-12,19,23H,9-10,13H2,1-2H3;2*1H. The van der Waals surface area contributed by atoms with E-state index in [9.17, 15) is 4.79 Å². The average molecular weight is 469 g/mol. The molecule has 0 saturated carbocycles. The molecule has 1 fully saturated rings. The van der Waals surface area contributed by atoms with Crippen LogP contribution >= 0.6 is 36.4 Å². The second-order valence-electron chi connectivity index (χ2n) is 6.98. The molecule has 1 unspecified atom stereocenters. The van der Waals surface area contributed by atoms with Gasteiger partial charge in [0.2, 0.25) is 0 Å². The maximum Gasteiger partial charge on any atom is 0.256 e. The molecule has 3 aromatic rings. The highest BCUT2D eigenvalue weighted by Gasteiger charge is 2.30. The number of piperazine rings is 1. The van der Waals surface area contributed by atoms with Crippen LogP contribution in [0.2, 0.25) is 5.02 Å². The van der Waals surface area contributed by atoms with Crippen LogP contribution in [-0.4, -0.2) is 45.2 Å². The Balaban J connectivity index is 0.00000160. The van der Waals surface area contributed by atoms with E-state index in [1.807, 2.05) is 61.2 Å². The van der Waals surface area contributed by atoms with Crippen LogP contribution in [-0.2, 0) is 0 Å². The van der Waals surface area contributed by atoms with Crippen molar-refractivity contribution >= 4 is 42.3 Å². The Kier molecular flexibility index (Phi) is 8.26. The molecule has 2 aromatic heterocycles. The zero-order valence-electron chi connectivity index (χ0n) is 16.7. The van der Waals surface area contributed by atoms with Crippen LogP contribution in [0.1, 0.15) is 33.4 Å². The summed E-state index contributed by atoms with van der Waals surface area (Å²) in [4.78, 5) is 19.5. The number of halogens is 3. The lowest BCUT2D eigenvalue weighted by Gasteiger charge is -2.37. The largest absolute Gasteiger partial charge is 0.329 e. The molecule has 1 amide bonds. The lowest BCUT2D eigenvalue weighted by atomic mass is 10.0. The molecular formula is C21H24Cl3N5O. The van der Waals surface area contributed by atoms with E-state index in [0.717, 1.165) is 23.5 Å². The number of benzene rings is 1. The SMILES string of the molecule is Cc1cc(C)n(-c2ccc(C(=O)N3CCNCC3c3ccccc3Cl)cn2)n1.Cl.Cl. The molecular weight excluding hydrogens is 445 g/mol. The fourth-order valence-corrected chi connectivity index (χ4v) is 3.90. The van der Waals surface area contributed by atoms with E-state index in [1.54, 1.807) is 10.9 Å². The Morgan fingerprint density at radius 2 is 1.93 bits per heavy atom. The van der Waals surface area contributed by atoms with Gasteiger partial charge in [-0.1, -0.05) is 29.8 Å². The normalized spacial score (nSPS) is 15.8. The number of aromatic nitrogens is 3. The fraction of sp³-hybridized carbons (Fsp3) is 0.286. The van der Waals surface area contributed by atoms with Crippen molar-refractivity contribution in [3.63, 3.8) is 0 Å². The van der Waals surface area contributed by atoms with Gasteiger partial charge in [-0.25, -0.2) is 9.67 Å². The Morgan fingerprint density at radius 1 is 1.17 bits per heavy atom. The Bertz CT molecular complexity index is 1010. The third-order valence-corrected chi connectivity index (χ3v) is 5.33. The first-order valence-electron chi connectivity index (χ1n) is 9.30. The lowest BCUT2D eigenvalue weighted by molar-refractivity contribution is 0.0634. The first-order valence-corrected chi connectivity index (χ1v) is 9.68. The molecule has 0 aliphatic carbocycles. The van der Waals surface area contributed by atoms with Crippen LogP contribution in [0.4, 0.5) is 0 Å². The minimum absolute atomic E-state index is 0. The average Bonchev–Trinajstić information content (AvgIpc) is 3.06. The Hall–Kier alpha value is -2.12. The second-order valence-corrected chi connectivity index (χ2v) is 7.39. The molecule has 1 aliphatic heterocycles. The summed E-state index contributed by atoms with van der Waals surface area (Å²) in [6.45, 7) is 5.97. The van der Waals surface area contributed by atoms with Crippen molar-refractivity contribution in [2.24, 2.45) is 0 Å². The summed E-state index contributed by atoms with van der Waals surface area (Å²) in [5, 5.41) is 8.47. The van der Waals surface area contributed by atoms with Crippen molar-refractivity contribution in [3.05, 3.63) is 76.2 Å². The molecule has 1 aromatic carbocycles. The predicted octanol–water partition coefficient (Wildman–Crippen LogP) is 4.17. The van der Waals surface area contributed by atoms with Crippen LogP contribution < -0.4 is 5.32 Å². The van der Waals surface area contributed by atoms with E-state index in [-0.39, 0.29) is 36.8 Å². The van der Waals surface area contributed by atoms with E-state index in [2.05, 4.69) is 15.4 Å². The van der Waals surface area contributed by atoms with Gasteiger partial charge in [0.1, 0.15) is 0 Å². The van der Waals surface area contributed by atoms with Crippen LogP contribution in [0.15, 0.2) is 48.7 Å². The van der Waals surface area contributed by atoms with E-state index in [4.69, 9.17) is 11.6 Å². The number of rotatable bonds is 3. The summed E-state index contributed by atoms with van der Waals surface area (Å²) in [6.07, 6.45) is 1.62. The van der Waals surface area contributed by atoms with Crippen molar-refractivity contribution in [1.29, 1.82) is 0 Å². The van der Waals surface area contributed by atoms with E-state index < -0.39 is 0 Å². The smallest absolute Gasteiger partial charge is 0.256 e. The van der Waals surface area contributed by atoms with Gasteiger partial charge in [-0.3, -0.25) is 4.79 Å². The second kappa shape index (κ2) is 10.3. The van der Waals surface area contributed by atoms with Crippen molar-refractivity contribution in [2.45, 2.75) is 19.9 Å². The molecule has 4 rings (SSSR count). The van der Waals surface area contributed by atoms with Gasteiger partial charge in [0.05, 0.1) is 17.3 Å². The number of nitrogens with one attached hydrogen (secondary N) is 1. The number of aryl methyl sites for hydroxylation is 2. The van der Waals surface area contributed by atoms with Crippen LogP contribution in [0, 0.1) is 13.8 Å². The molecule has 0 bridgehead atoms. The molecule has 9 heteroatoms. The quantitative estimate of drug-likeness (QED) is 0.627. The molecule has 3 heterocycles. The highest BCUT2D eigenvalue weighted by molar-refractivity contribution is 6.31. The highest BCUT2D eigenvalue weighted by Crippen LogP contribution is 2.29. The summed E-state index contributed by atoms with van der Waals surface area (Å²) in [5.74, 6) is 0.656. The van der Waals surface area contributed by atoms with E-state index >= 15 is 0 Å². The number of amides is 1. The molecule has 6 nitrogen and oxygen atoms in total. The molecule has 1 atom stereocenters. The fourth-order valence-electron chi connectivity index (χ4n) is 3.64. The van der Waals surface area contributed by atoms with Crippen molar-refractivity contribution in [3.8, 4) is 5.82 Å². The molecule has 160 valence electrons. The Labute approximate surface area is 193 Å². The van der Waals surface area contributed by atoms with Crippen molar-refractivity contribution in [2.75, 3.05) is 19.6 Å². The third kappa shape index (κ3) is 4.78. The van der Waals surface area contributed by atoms with Gasteiger partial charge in [0.15, 0.2) is 5.82 Å². The van der Waals surface area contributed by atoms with E-state index in [1.165, 1.54) is 0 Å². The first-order chi connectivity index (χ1) is 13.5. The summed E-state index contributed by atoms with van der Waals surface area (Å²) in [6, 6.07) is 13.2. The summed E-state index contributed by atoms with van der Waals surface area (Å²) >= 11 is 6.39. The summed E-state index contributed by atoms with van der Waals surface area (Å²) in [7, 11) is 0. The number of hydrogen-bond donors (Lipinski definition) is 1. The van der Waals surface area contributed by atoms with Gasteiger partial charge in [-0.05, 0) is 43.7 Å². The maximum atomic E-state index is 13.2. The molecule has 30 heavy (non-hydrogen) atoms. The Morgan fingerprint density at radius 3 is 2.57 bits per heavy atom. The predicted molar refractivity (Wildman–Crippen MR) is 123 cm³/mol. The van der Waals surface area contributed by atoms with Gasteiger partial charge < -0.3 is 10.2 Å². The molecule has 1 aliphatic rings. The number of hydrogen-bond acceptors (Lipinski definition) is 4. The van der Waals surface area contributed by atoms with Gasteiger partial charge >= 0.3 is 0 Å². The van der Waals surface area contributed by atoms with Crippen molar-refractivity contribution in [1.82, 2.24) is 25.0 Å². The number of carbonyl (C=O) groups excluding carboxylic acids is 1. The number of carbonyl (C=O) groups is 1. The van der Waals surface area contributed by atoms with Crippen LogP contribution in [0.25, 0.3) is 5.82 Å². The van der Waals surface area contributed by atoms with E-state index in [0.29, 0.717) is 29.5 Å². The molecule has 0 spiro atoms. The molecule has 1 saturated heterocycles. The molecule has 1 N–H and O–H groups in total. The highest BCUT2D eigenvalue weighted by atomic mass is 35.5. The van der Waals surface area contributed by atoms with Crippen LogP contribution in [0.5, 0.6) is 0 Å². The maximum absolute atomic E-state index is 13.2.